The Bertz CT molecular complexity index is 1070. The molecule has 6 nitrogen and oxygen atoms in total. The SMILES string of the molecule is Cc1ccc(SCc2coc(-c3ccc(C(=O)NCc4ncc[nH]4)cc3)n2)cc1. The van der Waals surface area contributed by atoms with E-state index in [2.05, 4.69) is 51.5 Å². The Morgan fingerprint density at radius 1 is 1.14 bits per heavy atom. The Morgan fingerprint density at radius 2 is 1.93 bits per heavy atom. The number of imidazole rings is 1. The van der Waals surface area contributed by atoms with Gasteiger partial charge in [-0.25, -0.2) is 9.97 Å². The van der Waals surface area contributed by atoms with Gasteiger partial charge in [0, 0.05) is 34.2 Å². The van der Waals surface area contributed by atoms with E-state index < -0.39 is 0 Å². The molecule has 1 amide bonds. The summed E-state index contributed by atoms with van der Waals surface area (Å²) in [7, 11) is 0. The third-order valence-electron chi connectivity index (χ3n) is 4.32. The number of carbonyl (C=O) groups excluding carboxylic acids is 1. The highest BCUT2D eigenvalue weighted by atomic mass is 32.2. The molecule has 2 N–H and O–H groups in total. The maximum Gasteiger partial charge on any atom is 0.251 e. The van der Waals surface area contributed by atoms with E-state index in [0.29, 0.717) is 23.8 Å². The Kier molecular flexibility index (Phi) is 5.76. The van der Waals surface area contributed by atoms with E-state index in [1.807, 2.05) is 12.1 Å². The second kappa shape index (κ2) is 8.79. The molecule has 7 heteroatoms. The summed E-state index contributed by atoms with van der Waals surface area (Å²) in [5.41, 5.74) is 3.53. The second-order valence-corrected chi connectivity index (χ2v) is 7.59. The minimum atomic E-state index is -0.157. The molecule has 0 radical (unpaired) electrons. The number of rotatable bonds is 7. The number of benzene rings is 2. The molecule has 2 aromatic carbocycles. The summed E-state index contributed by atoms with van der Waals surface area (Å²) in [5.74, 6) is 1.84. The van der Waals surface area contributed by atoms with Crippen LogP contribution in [-0.4, -0.2) is 20.9 Å². The number of H-pyrrole nitrogens is 1. The molecule has 0 spiro atoms. The summed E-state index contributed by atoms with van der Waals surface area (Å²) in [6.45, 7) is 2.43. The molecule has 146 valence electrons. The fraction of sp³-hybridized carbons (Fsp3) is 0.136. The molecule has 0 saturated carbocycles. The first-order valence-corrected chi connectivity index (χ1v) is 10.2. The fourth-order valence-electron chi connectivity index (χ4n) is 2.72. The van der Waals surface area contributed by atoms with Gasteiger partial charge in [0.1, 0.15) is 12.1 Å². The van der Waals surface area contributed by atoms with Gasteiger partial charge < -0.3 is 14.7 Å². The van der Waals surface area contributed by atoms with Gasteiger partial charge >= 0.3 is 0 Å². The van der Waals surface area contributed by atoms with Crippen molar-refractivity contribution in [3.8, 4) is 11.5 Å². The Hall–Kier alpha value is -3.32. The van der Waals surface area contributed by atoms with Crippen LogP contribution in [0.3, 0.4) is 0 Å². The van der Waals surface area contributed by atoms with E-state index in [0.717, 1.165) is 17.0 Å². The number of oxazole rings is 1. The van der Waals surface area contributed by atoms with Crippen molar-refractivity contribution in [2.75, 3.05) is 0 Å². The number of hydrogen-bond acceptors (Lipinski definition) is 5. The number of carbonyl (C=O) groups is 1. The lowest BCUT2D eigenvalue weighted by Gasteiger charge is -2.04. The quantitative estimate of drug-likeness (QED) is 0.440. The molecule has 2 aromatic heterocycles. The standard InChI is InChI=1S/C22H20N4O2S/c1-15-2-8-19(9-3-15)29-14-18-13-28-22(26-18)17-6-4-16(5-7-17)21(27)25-12-20-23-10-11-24-20/h2-11,13H,12,14H2,1H3,(H,23,24)(H,25,27). The lowest BCUT2D eigenvalue weighted by molar-refractivity contribution is 0.0950. The number of thioether (sulfide) groups is 1. The zero-order valence-corrected chi connectivity index (χ0v) is 16.7. The summed E-state index contributed by atoms with van der Waals surface area (Å²) in [6.07, 6.45) is 5.06. The van der Waals surface area contributed by atoms with Crippen LogP contribution in [0.5, 0.6) is 0 Å². The molecule has 0 fully saturated rings. The van der Waals surface area contributed by atoms with Crippen molar-refractivity contribution in [3.63, 3.8) is 0 Å². The number of hydrogen-bond donors (Lipinski definition) is 2. The van der Waals surface area contributed by atoms with E-state index in [1.54, 1.807) is 42.6 Å². The van der Waals surface area contributed by atoms with Crippen LogP contribution in [0.15, 0.2) is 76.5 Å². The highest BCUT2D eigenvalue weighted by Crippen LogP contribution is 2.25. The van der Waals surface area contributed by atoms with Gasteiger partial charge in [-0.15, -0.1) is 11.8 Å². The minimum absolute atomic E-state index is 0.157. The molecule has 0 saturated heterocycles. The first-order valence-electron chi connectivity index (χ1n) is 9.18. The summed E-state index contributed by atoms with van der Waals surface area (Å²) in [5, 5.41) is 2.83. The molecular formula is C22H20N4O2S. The van der Waals surface area contributed by atoms with Crippen LogP contribution in [0.4, 0.5) is 0 Å². The van der Waals surface area contributed by atoms with Crippen molar-refractivity contribution in [2.45, 2.75) is 24.1 Å². The van der Waals surface area contributed by atoms with Gasteiger partial charge in [-0.1, -0.05) is 17.7 Å². The smallest absolute Gasteiger partial charge is 0.251 e. The Balaban J connectivity index is 1.35. The number of amides is 1. The van der Waals surface area contributed by atoms with Gasteiger partial charge in [0.15, 0.2) is 0 Å². The molecule has 0 unspecified atom stereocenters. The van der Waals surface area contributed by atoms with Gasteiger partial charge in [-0.05, 0) is 43.3 Å². The molecule has 0 aliphatic heterocycles. The lowest BCUT2D eigenvalue weighted by Crippen LogP contribution is -2.23. The number of nitrogens with one attached hydrogen (secondary N) is 2. The van der Waals surface area contributed by atoms with E-state index in [4.69, 9.17) is 4.42 Å². The van der Waals surface area contributed by atoms with Crippen LogP contribution in [0, 0.1) is 6.92 Å². The van der Waals surface area contributed by atoms with Crippen LogP contribution in [0.2, 0.25) is 0 Å². The summed E-state index contributed by atoms with van der Waals surface area (Å²) in [4.78, 5) is 25.0. The molecular weight excluding hydrogens is 384 g/mol. The van der Waals surface area contributed by atoms with Crippen molar-refractivity contribution in [1.29, 1.82) is 0 Å². The van der Waals surface area contributed by atoms with Gasteiger partial charge in [0.25, 0.3) is 5.91 Å². The maximum atomic E-state index is 12.2. The normalized spacial score (nSPS) is 10.8. The molecule has 4 aromatic rings. The molecule has 2 heterocycles. The molecule has 29 heavy (non-hydrogen) atoms. The van der Waals surface area contributed by atoms with Gasteiger partial charge in [-0.2, -0.15) is 0 Å². The fourth-order valence-corrected chi connectivity index (χ4v) is 3.50. The second-order valence-electron chi connectivity index (χ2n) is 6.54. The summed E-state index contributed by atoms with van der Waals surface area (Å²) < 4.78 is 5.62. The average molecular weight is 404 g/mol. The van der Waals surface area contributed by atoms with Gasteiger partial charge in [0.05, 0.1) is 12.2 Å². The number of aromatic amines is 1. The van der Waals surface area contributed by atoms with Gasteiger partial charge in [0.2, 0.25) is 5.89 Å². The minimum Gasteiger partial charge on any atom is -0.444 e. The number of aryl methyl sites for hydroxylation is 1. The molecule has 0 aliphatic rings. The zero-order chi connectivity index (χ0) is 20.1. The molecule has 0 aliphatic carbocycles. The summed E-state index contributed by atoms with van der Waals surface area (Å²) >= 11 is 1.72. The van der Waals surface area contributed by atoms with Crippen LogP contribution in [0.1, 0.15) is 27.4 Å². The molecule has 4 rings (SSSR count). The summed E-state index contributed by atoms with van der Waals surface area (Å²) in [6, 6.07) is 15.6. The van der Waals surface area contributed by atoms with Crippen molar-refractivity contribution in [1.82, 2.24) is 20.3 Å². The van der Waals surface area contributed by atoms with E-state index in [1.165, 1.54) is 10.5 Å². The highest BCUT2D eigenvalue weighted by Gasteiger charge is 2.10. The monoisotopic (exact) mass is 404 g/mol. The van der Waals surface area contributed by atoms with Crippen LogP contribution in [-0.2, 0) is 12.3 Å². The van der Waals surface area contributed by atoms with E-state index in [9.17, 15) is 4.79 Å². The predicted molar refractivity (Wildman–Crippen MR) is 112 cm³/mol. The topological polar surface area (TPSA) is 83.8 Å². The average Bonchev–Trinajstić information content (AvgIpc) is 3.44. The third-order valence-corrected chi connectivity index (χ3v) is 5.37. The van der Waals surface area contributed by atoms with Crippen molar-refractivity contribution >= 4 is 17.7 Å². The molecule has 0 atom stereocenters. The number of nitrogens with zero attached hydrogens (tertiary/aromatic N) is 2. The van der Waals surface area contributed by atoms with Crippen LogP contribution < -0.4 is 5.32 Å². The number of aromatic nitrogens is 3. The highest BCUT2D eigenvalue weighted by molar-refractivity contribution is 7.98. The van der Waals surface area contributed by atoms with Crippen LogP contribution in [0.25, 0.3) is 11.5 Å². The van der Waals surface area contributed by atoms with Crippen LogP contribution >= 0.6 is 11.8 Å². The van der Waals surface area contributed by atoms with Crippen molar-refractivity contribution < 1.29 is 9.21 Å². The van der Waals surface area contributed by atoms with Gasteiger partial charge in [-0.3, -0.25) is 4.79 Å². The first kappa shape index (κ1) is 19.0. The maximum absolute atomic E-state index is 12.2. The zero-order valence-electron chi connectivity index (χ0n) is 15.9. The van der Waals surface area contributed by atoms with Crippen molar-refractivity contribution in [3.05, 3.63) is 89.8 Å². The lowest BCUT2D eigenvalue weighted by atomic mass is 10.1. The predicted octanol–water partition coefficient (Wildman–Crippen LogP) is 4.60. The van der Waals surface area contributed by atoms with E-state index in [-0.39, 0.29) is 5.91 Å². The Labute approximate surface area is 172 Å². The van der Waals surface area contributed by atoms with E-state index >= 15 is 0 Å². The van der Waals surface area contributed by atoms with Crippen molar-refractivity contribution in [2.24, 2.45) is 0 Å². The third kappa shape index (κ3) is 4.94. The first-order chi connectivity index (χ1) is 14.2. The molecule has 0 bridgehead atoms. The largest absolute Gasteiger partial charge is 0.444 e. The Morgan fingerprint density at radius 3 is 2.66 bits per heavy atom.